The van der Waals surface area contributed by atoms with Crippen LogP contribution in [0, 0.1) is 6.92 Å². The molecule has 1 aliphatic carbocycles. The molecular weight excluding hydrogens is 463 g/mol. The Balaban J connectivity index is 2.02. The summed E-state index contributed by atoms with van der Waals surface area (Å²) >= 11 is 1.05. The summed E-state index contributed by atoms with van der Waals surface area (Å²) in [6.07, 6.45) is -2.17. The molecule has 0 unspecified atom stereocenters. The highest BCUT2D eigenvalue weighted by molar-refractivity contribution is 7.20. The van der Waals surface area contributed by atoms with Crippen LogP contribution in [0.5, 0.6) is 0 Å². The molecule has 0 bridgehead atoms. The summed E-state index contributed by atoms with van der Waals surface area (Å²) < 4.78 is 48.8. The number of halogens is 3. The largest absolute Gasteiger partial charge is 0.522 e. The predicted molar refractivity (Wildman–Crippen MR) is 118 cm³/mol. The first-order valence-electron chi connectivity index (χ1n) is 10.3. The molecule has 8 nitrogen and oxygen atoms in total. The van der Waals surface area contributed by atoms with E-state index in [2.05, 4.69) is 9.73 Å². The van der Waals surface area contributed by atoms with Gasteiger partial charge in [0.25, 0.3) is 5.56 Å². The van der Waals surface area contributed by atoms with Gasteiger partial charge in [-0.3, -0.25) is 28.5 Å². The Bertz CT molecular complexity index is 1210. The molecule has 182 valence electrons. The van der Waals surface area contributed by atoms with E-state index in [1.165, 1.54) is 6.21 Å². The summed E-state index contributed by atoms with van der Waals surface area (Å²) in [5.74, 6) is -0.525. The Labute approximate surface area is 191 Å². The van der Waals surface area contributed by atoms with Crippen LogP contribution >= 0.6 is 11.3 Å². The fraction of sp³-hybridized carbons (Fsp3) is 0.619. The van der Waals surface area contributed by atoms with E-state index in [0.717, 1.165) is 20.5 Å². The van der Waals surface area contributed by atoms with E-state index in [1.54, 1.807) is 34.6 Å². The second-order valence-corrected chi connectivity index (χ2v) is 10.2. The van der Waals surface area contributed by atoms with Gasteiger partial charge in [0.2, 0.25) is 0 Å². The highest BCUT2D eigenvalue weighted by atomic mass is 32.1. The van der Waals surface area contributed by atoms with Gasteiger partial charge in [0.15, 0.2) is 0 Å². The number of aryl methyl sites for hydroxylation is 1. The molecule has 0 amide bonds. The van der Waals surface area contributed by atoms with Gasteiger partial charge >= 0.3 is 18.0 Å². The highest BCUT2D eigenvalue weighted by Gasteiger charge is 2.43. The number of carbonyl (C=O) groups is 1. The molecular formula is C21H26F3N3O5S. The topological polar surface area (TPSA) is 91.9 Å². The molecule has 2 aromatic rings. The number of aliphatic imine (C=N–C) groups is 1. The summed E-state index contributed by atoms with van der Waals surface area (Å²) in [4.78, 5) is 43.1. The Morgan fingerprint density at radius 1 is 1.24 bits per heavy atom. The minimum atomic E-state index is -4.83. The molecule has 0 atom stereocenters. The molecule has 0 aromatic carbocycles. The van der Waals surface area contributed by atoms with Gasteiger partial charge in [-0.15, -0.1) is 24.5 Å². The van der Waals surface area contributed by atoms with Crippen LogP contribution in [0.25, 0.3) is 10.2 Å². The van der Waals surface area contributed by atoms with Crippen LogP contribution in [0.4, 0.5) is 13.2 Å². The predicted octanol–water partition coefficient (Wildman–Crippen LogP) is 3.34. The van der Waals surface area contributed by atoms with Gasteiger partial charge in [0.1, 0.15) is 17.0 Å². The summed E-state index contributed by atoms with van der Waals surface area (Å²) in [6.45, 7) is 7.26. The van der Waals surface area contributed by atoms with E-state index >= 15 is 0 Å². The Morgan fingerprint density at radius 3 is 2.42 bits per heavy atom. The van der Waals surface area contributed by atoms with Crippen molar-refractivity contribution in [3.8, 4) is 0 Å². The molecule has 0 N–H and O–H groups in total. The first kappa shape index (κ1) is 25.2. The van der Waals surface area contributed by atoms with Gasteiger partial charge in [-0.1, -0.05) is 0 Å². The van der Waals surface area contributed by atoms with Crippen molar-refractivity contribution in [2.75, 3.05) is 13.2 Å². The molecule has 1 saturated carbocycles. The lowest BCUT2D eigenvalue weighted by Gasteiger charge is -2.18. The molecule has 2 heterocycles. The number of esters is 1. The van der Waals surface area contributed by atoms with Gasteiger partial charge in [-0.05, 0) is 53.0 Å². The Hall–Kier alpha value is -2.47. The summed E-state index contributed by atoms with van der Waals surface area (Å²) in [6, 6.07) is 0. The van der Waals surface area contributed by atoms with Crippen molar-refractivity contribution in [1.29, 1.82) is 0 Å². The van der Waals surface area contributed by atoms with Crippen LogP contribution in [0.3, 0.4) is 0 Å². The van der Waals surface area contributed by atoms with E-state index in [4.69, 9.17) is 4.74 Å². The van der Waals surface area contributed by atoms with Crippen LogP contribution < -0.4 is 11.2 Å². The zero-order valence-electron chi connectivity index (χ0n) is 19.0. The molecule has 3 rings (SSSR count). The number of rotatable bonds is 7. The fourth-order valence-corrected chi connectivity index (χ4v) is 4.61. The fourth-order valence-electron chi connectivity index (χ4n) is 3.39. The monoisotopic (exact) mass is 489 g/mol. The smallest absolute Gasteiger partial charge is 0.459 e. The molecule has 12 heteroatoms. The average molecular weight is 490 g/mol. The normalized spacial score (nSPS) is 16.0. The number of ether oxygens (including phenoxy) is 2. The second-order valence-electron chi connectivity index (χ2n) is 9.19. The number of alkyl halides is 3. The van der Waals surface area contributed by atoms with Crippen molar-refractivity contribution in [2.45, 2.75) is 71.5 Å². The van der Waals surface area contributed by atoms with Crippen LogP contribution in [0.2, 0.25) is 0 Å². The number of hydrogen-bond donors (Lipinski definition) is 0. The maximum atomic E-state index is 13.2. The van der Waals surface area contributed by atoms with E-state index < -0.39 is 41.3 Å². The third kappa shape index (κ3) is 5.72. The maximum absolute atomic E-state index is 13.2. The lowest BCUT2D eigenvalue weighted by atomic mass is 10.2. The quantitative estimate of drug-likeness (QED) is 0.440. The summed E-state index contributed by atoms with van der Waals surface area (Å²) in [5, 5.41) is 0.249. The molecule has 0 saturated heterocycles. The van der Waals surface area contributed by atoms with Crippen molar-refractivity contribution in [2.24, 2.45) is 4.99 Å². The van der Waals surface area contributed by atoms with Crippen molar-refractivity contribution in [1.82, 2.24) is 9.13 Å². The van der Waals surface area contributed by atoms with Gasteiger partial charge in [-0.2, -0.15) is 0 Å². The van der Waals surface area contributed by atoms with E-state index in [9.17, 15) is 27.6 Å². The first-order chi connectivity index (χ1) is 15.1. The third-order valence-corrected chi connectivity index (χ3v) is 6.44. The minimum Gasteiger partial charge on any atom is -0.459 e. The van der Waals surface area contributed by atoms with Crippen molar-refractivity contribution in [3.63, 3.8) is 0 Å². The molecule has 2 aromatic heterocycles. The number of thiophene rings is 1. The van der Waals surface area contributed by atoms with Crippen LogP contribution in [0.1, 0.15) is 51.0 Å². The van der Waals surface area contributed by atoms with Crippen LogP contribution in [-0.2, 0) is 26.4 Å². The van der Waals surface area contributed by atoms with Gasteiger partial charge in [-0.25, -0.2) is 4.79 Å². The van der Waals surface area contributed by atoms with Crippen molar-refractivity contribution >= 4 is 33.7 Å². The van der Waals surface area contributed by atoms with Gasteiger partial charge in [0.05, 0.1) is 29.0 Å². The average Bonchev–Trinajstić information content (AvgIpc) is 3.29. The first-order valence-corrected chi connectivity index (χ1v) is 11.2. The molecule has 33 heavy (non-hydrogen) atoms. The second kappa shape index (κ2) is 8.71. The molecule has 0 aliphatic heterocycles. The standard InChI is InChI=1S/C21H26F3N3O5S/c1-12-13(10-25-11-14(28)32-19(2,3)4)33-17-15(12)16(29)27(20(5)6-7-20)18(30)26(17)8-9-31-21(22,23)24/h10H,6-9,11H2,1-5H3. The minimum absolute atomic E-state index is 0.237. The summed E-state index contributed by atoms with van der Waals surface area (Å²) in [5.41, 5.74) is -1.93. The third-order valence-electron chi connectivity index (χ3n) is 5.19. The van der Waals surface area contributed by atoms with E-state index in [-0.39, 0.29) is 23.3 Å². The number of hydrogen-bond acceptors (Lipinski definition) is 7. The highest BCUT2D eigenvalue weighted by Crippen LogP contribution is 2.41. The van der Waals surface area contributed by atoms with Crippen LogP contribution in [0.15, 0.2) is 14.6 Å². The van der Waals surface area contributed by atoms with Crippen LogP contribution in [-0.4, -0.2) is 46.4 Å². The van der Waals surface area contributed by atoms with E-state index in [1.807, 2.05) is 0 Å². The Morgan fingerprint density at radius 2 is 1.88 bits per heavy atom. The van der Waals surface area contributed by atoms with Gasteiger partial charge < -0.3 is 4.74 Å². The SMILES string of the molecule is Cc1c(C=NCC(=O)OC(C)(C)C)sc2c1c(=O)n(C1(C)CC1)c(=O)n2CCOC(F)(F)F. The lowest BCUT2D eigenvalue weighted by Crippen LogP contribution is -2.45. The number of nitrogens with zero attached hydrogens (tertiary/aromatic N) is 3. The number of aromatic nitrogens is 2. The zero-order valence-corrected chi connectivity index (χ0v) is 19.9. The van der Waals surface area contributed by atoms with Crippen molar-refractivity contribution < 1.29 is 27.4 Å². The zero-order chi connectivity index (χ0) is 24.8. The summed E-state index contributed by atoms with van der Waals surface area (Å²) in [7, 11) is 0. The molecule has 1 aliphatic rings. The Kier molecular flexibility index (Phi) is 6.64. The van der Waals surface area contributed by atoms with E-state index in [0.29, 0.717) is 23.3 Å². The maximum Gasteiger partial charge on any atom is 0.522 e. The lowest BCUT2D eigenvalue weighted by molar-refractivity contribution is -0.325. The molecule has 0 radical (unpaired) electrons. The van der Waals surface area contributed by atoms with Crippen molar-refractivity contribution in [3.05, 3.63) is 31.3 Å². The number of carbonyl (C=O) groups excluding carboxylic acids is 1. The molecule has 0 spiro atoms. The van der Waals surface area contributed by atoms with Gasteiger partial charge in [0, 0.05) is 6.21 Å². The molecule has 1 fully saturated rings. The number of fused-ring (bicyclic) bond motifs is 1.